The largest absolute Gasteiger partial charge is 0.368 e. The Balaban J connectivity index is 3.06. The van der Waals surface area contributed by atoms with E-state index in [1.54, 1.807) is 0 Å². The lowest BCUT2D eigenvalue weighted by atomic mass is 10.1. The molecule has 0 heterocycles. The molecule has 0 aliphatic heterocycles. The third-order valence-electron chi connectivity index (χ3n) is 2.21. The molecule has 0 fully saturated rings. The van der Waals surface area contributed by atoms with Crippen LogP contribution in [0.15, 0.2) is 29.3 Å². The molecular formula is C14H22N2. The number of nitrogens with zero attached hydrogens (tertiary/aromatic N) is 1. The van der Waals surface area contributed by atoms with Crippen molar-refractivity contribution < 1.29 is 0 Å². The van der Waals surface area contributed by atoms with Crippen molar-refractivity contribution in [2.75, 3.05) is 0 Å². The number of rotatable bonds is 3. The SMILES string of the molecule is Cc1ccccc1C(=NC(C)C)NC(C)C. The van der Waals surface area contributed by atoms with E-state index in [4.69, 9.17) is 0 Å². The zero-order chi connectivity index (χ0) is 12.1. The van der Waals surface area contributed by atoms with Crippen LogP contribution in [0.3, 0.4) is 0 Å². The van der Waals surface area contributed by atoms with Gasteiger partial charge in [-0.15, -0.1) is 0 Å². The van der Waals surface area contributed by atoms with Crippen molar-refractivity contribution in [3.05, 3.63) is 35.4 Å². The molecule has 0 atom stereocenters. The molecule has 0 unspecified atom stereocenters. The number of amidine groups is 1. The van der Waals surface area contributed by atoms with E-state index >= 15 is 0 Å². The van der Waals surface area contributed by atoms with Gasteiger partial charge in [-0.05, 0) is 40.2 Å². The third kappa shape index (κ3) is 3.69. The third-order valence-corrected chi connectivity index (χ3v) is 2.21. The predicted molar refractivity (Wildman–Crippen MR) is 71.1 cm³/mol. The Hall–Kier alpha value is -1.31. The van der Waals surface area contributed by atoms with E-state index in [9.17, 15) is 0 Å². The van der Waals surface area contributed by atoms with Crippen LogP contribution in [0.1, 0.15) is 38.8 Å². The van der Waals surface area contributed by atoms with Gasteiger partial charge in [-0.3, -0.25) is 4.99 Å². The van der Waals surface area contributed by atoms with Gasteiger partial charge in [0, 0.05) is 17.6 Å². The molecular weight excluding hydrogens is 196 g/mol. The highest BCUT2D eigenvalue weighted by molar-refractivity contribution is 6.00. The summed E-state index contributed by atoms with van der Waals surface area (Å²) in [5, 5.41) is 3.42. The van der Waals surface area contributed by atoms with Crippen LogP contribution in [0.4, 0.5) is 0 Å². The Morgan fingerprint density at radius 3 is 2.25 bits per heavy atom. The average Bonchev–Trinajstić information content (AvgIpc) is 2.15. The molecule has 1 rings (SSSR count). The molecule has 1 aromatic carbocycles. The highest BCUT2D eigenvalue weighted by atomic mass is 15.0. The number of hydrogen-bond donors (Lipinski definition) is 1. The summed E-state index contributed by atoms with van der Waals surface area (Å²) in [4.78, 5) is 4.65. The molecule has 0 aliphatic rings. The van der Waals surface area contributed by atoms with E-state index < -0.39 is 0 Å². The van der Waals surface area contributed by atoms with Crippen molar-refractivity contribution >= 4 is 5.84 Å². The van der Waals surface area contributed by atoms with E-state index in [1.807, 2.05) is 0 Å². The van der Waals surface area contributed by atoms with Gasteiger partial charge < -0.3 is 5.32 Å². The lowest BCUT2D eigenvalue weighted by Gasteiger charge is -2.16. The van der Waals surface area contributed by atoms with Gasteiger partial charge in [-0.1, -0.05) is 24.3 Å². The van der Waals surface area contributed by atoms with Crippen LogP contribution in [0.5, 0.6) is 0 Å². The van der Waals surface area contributed by atoms with Gasteiger partial charge in [0.05, 0.1) is 0 Å². The Bertz CT molecular complexity index is 365. The summed E-state index contributed by atoms with van der Waals surface area (Å²) >= 11 is 0. The van der Waals surface area contributed by atoms with E-state index in [0.29, 0.717) is 12.1 Å². The van der Waals surface area contributed by atoms with Gasteiger partial charge in [-0.2, -0.15) is 0 Å². The van der Waals surface area contributed by atoms with Gasteiger partial charge in [0.25, 0.3) is 0 Å². The first kappa shape index (κ1) is 12.8. The first-order valence-electron chi connectivity index (χ1n) is 5.91. The first-order chi connectivity index (χ1) is 7.50. The second-order valence-electron chi connectivity index (χ2n) is 4.69. The topological polar surface area (TPSA) is 24.4 Å². The minimum Gasteiger partial charge on any atom is -0.368 e. The van der Waals surface area contributed by atoms with Crippen molar-refractivity contribution in [2.45, 2.75) is 46.7 Å². The summed E-state index contributed by atoms with van der Waals surface area (Å²) in [5.41, 5.74) is 2.46. The maximum atomic E-state index is 4.65. The number of benzene rings is 1. The molecule has 1 aromatic rings. The van der Waals surface area contributed by atoms with Crippen molar-refractivity contribution in [2.24, 2.45) is 4.99 Å². The van der Waals surface area contributed by atoms with E-state index in [1.165, 1.54) is 11.1 Å². The molecule has 0 amide bonds. The summed E-state index contributed by atoms with van der Waals surface area (Å²) in [6.07, 6.45) is 0. The van der Waals surface area contributed by atoms with Crippen molar-refractivity contribution in [3.8, 4) is 0 Å². The Morgan fingerprint density at radius 1 is 1.12 bits per heavy atom. The normalized spacial score (nSPS) is 12.3. The first-order valence-corrected chi connectivity index (χ1v) is 5.91. The van der Waals surface area contributed by atoms with Crippen molar-refractivity contribution in [3.63, 3.8) is 0 Å². The number of aliphatic imine (C=N–C) groups is 1. The van der Waals surface area contributed by atoms with Gasteiger partial charge in [0.15, 0.2) is 0 Å². The molecule has 0 saturated carbocycles. The monoisotopic (exact) mass is 218 g/mol. The fraction of sp³-hybridized carbons (Fsp3) is 0.500. The minimum atomic E-state index is 0.306. The molecule has 0 aliphatic carbocycles. The summed E-state index contributed by atoms with van der Waals surface area (Å²) in [6, 6.07) is 9.05. The van der Waals surface area contributed by atoms with Gasteiger partial charge in [0.1, 0.15) is 5.84 Å². The average molecular weight is 218 g/mol. The summed E-state index contributed by atoms with van der Waals surface area (Å²) in [6.45, 7) is 10.6. The second-order valence-corrected chi connectivity index (χ2v) is 4.69. The molecule has 0 saturated heterocycles. The molecule has 0 aromatic heterocycles. The highest BCUT2D eigenvalue weighted by Crippen LogP contribution is 2.09. The van der Waals surface area contributed by atoms with Crippen LogP contribution in [-0.2, 0) is 0 Å². The molecule has 0 bridgehead atoms. The van der Waals surface area contributed by atoms with Gasteiger partial charge in [-0.25, -0.2) is 0 Å². The summed E-state index contributed by atoms with van der Waals surface area (Å²) in [5.74, 6) is 1.00. The maximum absolute atomic E-state index is 4.65. The second kappa shape index (κ2) is 5.69. The summed E-state index contributed by atoms with van der Waals surface area (Å²) in [7, 11) is 0. The lowest BCUT2D eigenvalue weighted by Crippen LogP contribution is -2.32. The van der Waals surface area contributed by atoms with Crippen LogP contribution in [-0.4, -0.2) is 17.9 Å². The van der Waals surface area contributed by atoms with Gasteiger partial charge >= 0.3 is 0 Å². The molecule has 1 N–H and O–H groups in total. The van der Waals surface area contributed by atoms with E-state index in [0.717, 1.165) is 5.84 Å². The van der Waals surface area contributed by atoms with Gasteiger partial charge in [0.2, 0.25) is 0 Å². The van der Waals surface area contributed by atoms with E-state index in [-0.39, 0.29) is 0 Å². The molecule has 2 nitrogen and oxygen atoms in total. The zero-order valence-corrected chi connectivity index (χ0v) is 10.9. The fourth-order valence-electron chi connectivity index (χ4n) is 1.55. The Labute approximate surface area is 98.8 Å². The number of nitrogens with one attached hydrogen (secondary N) is 1. The minimum absolute atomic E-state index is 0.306. The predicted octanol–water partition coefficient (Wildman–Crippen LogP) is 3.15. The number of hydrogen-bond acceptors (Lipinski definition) is 1. The van der Waals surface area contributed by atoms with Crippen LogP contribution < -0.4 is 5.32 Å². The lowest BCUT2D eigenvalue weighted by molar-refractivity contribution is 0.719. The molecule has 0 spiro atoms. The van der Waals surface area contributed by atoms with Crippen LogP contribution in [0.25, 0.3) is 0 Å². The quantitative estimate of drug-likeness (QED) is 0.611. The van der Waals surface area contributed by atoms with Crippen LogP contribution >= 0.6 is 0 Å². The van der Waals surface area contributed by atoms with Crippen molar-refractivity contribution in [1.82, 2.24) is 5.32 Å². The van der Waals surface area contributed by atoms with Crippen LogP contribution in [0.2, 0.25) is 0 Å². The number of aryl methyl sites for hydroxylation is 1. The highest BCUT2D eigenvalue weighted by Gasteiger charge is 2.07. The smallest absolute Gasteiger partial charge is 0.128 e. The van der Waals surface area contributed by atoms with E-state index in [2.05, 4.69) is 69.2 Å². The molecule has 88 valence electrons. The zero-order valence-electron chi connectivity index (χ0n) is 10.9. The molecule has 16 heavy (non-hydrogen) atoms. The summed E-state index contributed by atoms with van der Waals surface area (Å²) < 4.78 is 0. The van der Waals surface area contributed by atoms with Crippen molar-refractivity contribution in [1.29, 1.82) is 0 Å². The maximum Gasteiger partial charge on any atom is 0.128 e. The fourth-order valence-corrected chi connectivity index (χ4v) is 1.55. The molecule has 2 heteroatoms. The Morgan fingerprint density at radius 2 is 1.75 bits per heavy atom. The standard InChI is InChI=1S/C14H22N2/c1-10(2)15-14(16-11(3)4)13-9-7-6-8-12(13)5/h6-11H,1-5H3,(H,15,16). The van der Waals surface area contributed by atoms with Crippen LogP contribution in [0, 0.1) is 6.92 Å². The molecule has 0 radical (unpaired) electrons. The Kier molecular flexibility index (Phi) is 4.53.